The summed E-state index contributed by atoms with van der Waals surface area (Å²) < 4.78 is 9.14. The summed E-state index contributed by atoms with van der Waals surface area (Å²) in [5.41, 5.74) is 6.32. The van der Waals surface area contributed by atoms with Gasteiger partial charge in [0.2, 0.25) is 11.3 Å². The molecule has 0 unspecified atom stereocenters. The van der Waals surface area contributed by atoms with Crippen LogP contribution >= 0.6 is 0 Å². The normalized spacial score (nSPS) is 16.9. The second kappa shape index (κ2) is 13.7. The second-order valence-corrected chi connectivity index (χ2v) is 13.2. The minimum absolute atomic E-state index is 0.0306. The number of hydrogen-bond donors (Lipinski definition) is 0. The Labute approximate surface area is 285 Å². The number of anilines is 2. The first kappa shape index (κ1) is 32.4. The number of hydrogen-bond acceptors (Lipinski definition) is 8. The van der Waals surface area contributed by atoms with E-state index in [1.165, 1.54) is 24.6 Å². The van der Waals surface area contributed by atoms with Crippen LogP contribution in [0.5, 0.6) is 0 Å². The molecule has 2 aromatic rings. The number of piperidine rings is 1. The largest absolute Gasteiger partial charge is 0.456 e. The molecule has 0 atom stereocenters. The zero-order valence-corrected chi connectivity index (χ0v) is 28.2. The summed E-state index contributed by atoms with van der Waals surface area (Å²) in [4.78, 5) is 59.5. The van der Waals surface area contributed by atoms with Crippen molar-refractivity contribution in [2.45, 2.75) is 44.9 Å². The molecule has 0 spiro atoms. The number of carbonyl (C=O) groups is 4. The van der Waals surface area contributed by atoms with E-state index in [2.05, 4.69) is 75.0 Å². The van der Waals surface area contributed by atoms with Crippen molar-refractivity contribution in [3.8, 4) is 22.5 Å². The van der Waals surface area contributed by atoms with Crippen LogP contribution in [0, 0.1) is 0 Å². The van der Waals surface area contributed by atoms with Crippen LogP contribution in [0.4, 0.5) is 11.4 Å². The van der Waals surface area contributed by atoms with Crippen molar-refractivity contribution >= 4 is 46.0 Å². The molecule has 0 radical (unpaired) electrons. The van der Waals surface area contributed by atoms with Crippen LogP contribution < -0.4 is 19.7 Å². The molecule has 7 rings (SSSR count). The lowest BCUT2D eigenvalue weighted by molar-refractivity contribution is -0.197. The van der Waals surface area contributed by atoms with Crippen molar-refractivity contribution in [3.05, 3.63) is 66.0 Å². The summed E-state index contributed by atoms with van der Waals surface area (Å²) >= 11 is 0. The first-order valence-electron chi connectivity index (χ1n) is 17.2. The quantitative estimate of drug-likeness (QED) is 0.164. The van der Waals surface area contributed by atoms with Crippen LogP contribution in [-0.2, 0) is 24.0 Å². The molecule has 1 aliphatic carbocycles. The zero-order valence-electron chi connectivity index (χ0n) is 28.2. The maximum absolute atomic E-state index is 12.9. The molecule has 0 bridgehead atoms. The molecular formula is C38H42N5O6+. The Kier molecular flexibility index (Phi) is 9.07. The van der Waals surface area contributed by atoms with Crippen molar-refractivity contribution in [1.82, 2.24) is 14.5 Å². The maximum Gasteiger partial charge on any atom is 0.333 e. The Morgan fingerprint density at radius 1 is 0.837 bits per heavy atom. The summed E-state index contributed by atoms with van der Waals surface area (Å²) in [6.07, 6.45) is 3.50. The van der Waals surface area contributed by atoms with Crippen molar-refractivity contribution in [2.75, 3.05) is 63.2 Å². The van der Waals surface area contributed by atoms with Crippen LogP contribution in [0.3, 0.4) is 0 Å². The van der Waals surface area contributed by atoms with Crippen molar-refractivity contribution in [3.63, 3.8) is 0 Å². The number of fused-ring (bicyclic) bond motifs is 2. The average molecular weight is 665 g/mol. The molecule has 0 saturated carbocycles. The highest BCUT2D eigenvalue weighted by Crippen LogP contribution is 2.41. The van der Waals surface area contributed by atoms with E-state index in [4.69, 9.17) is 9.25 Å². The molecule has 11 nitrogen and oxygen atoms in total. The highest BCUT2D eigenvalue weighted by molar-refractivity contribution is 6.03. The molecule has 49 heavy (non-hydrogen) atoms. The molecule has 3 amide bonds. The summed E-state index contributed by atoms with van der Waals surface area (Å²) in [6, 6.07) is 21.6. The van der Waals surface area contributed by atoms with Crippen molar-refractivity contribution in [2.24, 2.45) is 0 Å². The summed E-state index contributed by atoms with van der Waals surface area (Å²) in [5, 5.41) is 2.74. The summed E-state index contributed by atoms with van der Waals surface area (Å²) in [7, 11) is 4.09. The lowest BCUT2D eigenvalue weighted by Crippen LogP contribution is -2.48. The molecule has 4 heterocycles. The van der Waals surface area contributed by atoms with Gasteiger partial charge in [-0.25, -0.2) is 9.37 Å². The van der Waals surface area contributed by atoms with Crippen LogP contribution in [0.1, 0.15) is 44.9 Å². The summed E-state index contributed by atoms with van der Waals surface area (Å²) in [6.45, 7) is 4.38. The lowest BCUT2D eigenvalue weighted by atomic mass is 9.93. The molecule has 0 aromatic heterocycles. The fraction of sp³-hybridized carbons (Fsp3) is 0.395. The Bertz CT molecular complexity index is 1930. The van der Waals surface area contributed by atoms with E-state index in [0.717, 1.165) is 57.9 Å². The molecular weight excluding hydrogens is 622 g/mol. The lowest BCUT2D eigenvalue weighted by Gasteiger charge is -2.36. The van der Waals surface area contributed by atoms with Crippen LogP contribution in [-0.4, -0.2) is 87.0 Å². The van der Waals surface area contributed by atoms with E-state index in [9.17, 15) is 19.2 Å². The van der Waals surface area contributed by atoms with E-state index in [0.29, 0.717) is 31.2 Å². The van der Waals surface area contributed by atoms with Crippen LogP contribution in [0.25, 0.3) is 33.4 Å². The van der Waals surface area contributed by atoms with Crippen molar-refractivity contribution in [1.29, 1.82) is 0 Å². The third kappa shape index (κ3) is 6.75. The minimum atomic E-state index is -0.765. The molecule has 0 N–H and O–H groups in total. The van der Waals surface area contributed by atoms with Crippen LogP contribution in [0.15, 0.2) is 65.1 Å². The molecule has 254 valence electrons. The minimum Gasteiger partial charge on any atom is -0.456 e. The molecule has 3 fully saturated rings. The number of imide groups is 1. The Morgan fingerprint density at radius 2 is 1.55 bits per heavy atom. The first-order valence-corrected chi connectivity index (χ1v) is 17.2. The second-order valence-electron chi connectivity index (χ2n) is 13.2. The molecule has 2 aromatic carbocycles. The standard InChI is InChI=1S/C38H42N5O6/c1-39(2)27-8-6-26(7-9-27)38-30-12-10-28(40-18-4-3-5-19-40)24-32(30)48-33-25-29(11-13-31(33)38)41-20-22-42(23-21-41)34(44)16-17-37(47)49-43-35(45)14-15-36(43)46/h6-13,24-25H,3-5,14-23H2,1-2H3/q+1. The van der Waals surface area contributed by atoms with Gasteiger partial charge in [0.05, 0.1) is 12.5 Å². The number of benzene rings is 3. The predicted molar refractivity (Wildman–Crippen MR) is 187 cm³/mol. The molecule has 5 aliphatic rings. The Morgan fingerprint density at radius 3 is 2.24 bits per heavy atom. The van der Waals surface area contributed by atoms with Gasteiger partial charge in [-0.2, -0.15) is 0 Å². The van der Waals surface area contributed by atoms with Gasteiger partial charge in [0.15, 0.2) is 0 Å². The smallest absolute Gasteiger partial charge is 0.333 e. The third-order valence-corrected chi connectivity index (χ3v) is 9.82. The molecule has 11 heteroatoms. The number of amides is 3. The van der Waals surface area contributed by atoms with E-state index >= 15 is 0 Å². The van der Waals surface area contributed by atoms with Crippen molar-refractivity contribution < 1.29 is 28.4 Å². The molecule has 3 saturated heterocycles. The van der Waals surface area contributed by atoms with Gasteiger partial charge in [0, 0.05) is 112 Å². The highest BCUT2D eigenvalue weighted by atomic mass is 16.7. The van der Waals surface area contributed by atoms with Gasteiger partial charge in [0.25, 0.3) is 11.8 Å². The third-order valence-electron chi connectivity index (χ3n) is 9.82. The van der Waals surface area contributed by atoms with E-state index in [1.807, 2.05) is 14.1 Å². The predicted octanol–water partition coefficient (Wildman–Crippen LogP) is 4.26. The van der Waals surface area contributed by atoms with Gasteiger partial charge in [-0.15, -0.1) is 5.06 Å². The van der Waals surface area contributed by atoms with E-state index in [1.54, 1.807) is 4.90 Å². The van der Waals surface area contributed by atoms with Crippen LogP contribution in [0.2, 0.25) is 0 Å². The fourth-order valence-electron chi connectivity index (χ4n) is 7.04. The molecule has 4 aliphatic heterocycles. The van der Waals surface area contributed by atoms with Gasteiger partial charge in [-0.1, -0.05) is 12.1 Å². The number of carbonyl (C=O) groups excluding carboxylic acids is 4. The van der Waals surface area contributed by atoms with Gasteiger partial charge in [-0.3, -0.25) is 14.4 Å². The number of nitrogens with zero attached hydrogens (tertiary/aromatic N) is 5. The Balaban J connectivity index is 1.11. The maximum atomic E-state index is 12.9. The SMILES string of the molecule is CN(C)c1ccc(-c2c3ccc(=[N+]4CCCCC4)cc-3oc3cc(N4CCN(C(=O)CCC(=O)ON5C(=O)CCC5=O)CC4)ccc23)cc1. The summed E-state index contributed by atoms with van der Waals surface area (Å²) in [5.74, 6) is -1.14. The first-order chi connectivity index (χ1) is 23.7. The highest BCUT2D eigenvalue weighted by Gasteiger charge is 2.33. The van der Waals surface area contributed by atoms with E-state index in [-0.39, 0.29) is 31.6 Å². The van der Waals surface area contributed by atoms with Gasteiger partial charge < -0.3 is 24.0 Å². The van der Waals surface area contributed by atoms with Gasteiger partial charge >= 0.3 is 5.97 Å². The Hall–Kier alpha value is -5.19. The van der Waals surface area contributed by atoms with Gasteiger partial charge in [-0.05, 0) is 42.3 Å². The van der Waals surface area contributed by atoms with Gasteiger partial charge in [0.1, 0.15) is 24.4 Å². The zero-order chi connectivity index (χ0) is 34.1. The average Bonchev–Trinajstić information content (AvgIpc) is 3.45. The number of piperazine rings is 1. The van der Waals surface area contributed by atoms with E-state index < -0.39 is 17.8 Å². The number of rotatable bonds is 7. The topological polar surface area (TPSA) is 107 Å². The monoisotopic (exact) mass is 664 g/mol. The number of hydroxylamine groups is 2. The fourth-order valence-corrected chi connectivity index (χ4v) is 7.04.